The van der Waals surface area contributed by atoms with Crippen molar-refractivity contribution in [3.8, 4) is 6.07 Å². The number of aromatic nitrogens is 2. The smallest absolute Gasteiger partial charge is 0.257 e. The molecule has 0 unspecified atom stereocenters. The number of Topliss-reactive ketones (excluding diaryl/α,β-unsaturated/α-hetero) is 1. The van der Waals surface area contributed by atoms with E-state index in [0.717, 1.165) is 30.6 Å². The second-order valence-corrected chi connectivity index (χ2v) is 10.3. The zero-order valence-electron chi connectivity index (χ0n) is 21.7. The number of nitrogens with zero attached hydrogens (tertiary/aromatic N) is 5. The number of rotatable bonds is 8. The Labute approximate surface area is 222 Å². The maximum Gasteiger partial charge on any atom is 0.257 e. The van der Waals surface area contributed by atoms with Crippen molar-refractivity contribution in [1.29, 1.82) is 5.26 Å². The number of carbonyl (C=O) groups excluding carboxylic acids is 3. The average molecular weight is 513 g/mol. The van der Waals surface area contributed by atoms with E-state index in [0.29, 0.717) is 61.0 Å². The topological polar surface area (TPSA) is 111 Å². The Morgan fingerprint density at radius 3 is 2.58 bits per heavy atom. The second-order valence-electron chi connectivity index (χ2n) is 10.3. The van der Waals surface area contributed by atoms with Gasteiger partial charge in [0.25, 0.3) is 5.91 Å². The van der Waals surface area contributed by atoms with Crippen molar-refractivity contribution >= 4 is 40.3 Å². The van der Waals surface area contributed by atoms with E-state index < -0.39 is 0 Å². The first kappa shape index (κ1) is 25.6. The monoisotopic (exact) mass is 512 g/mol. The lowest BCUT2D eigenvalue weighted by atomic mass is 10.0. The molecule has 1 saturated carbocycles. The summed E-state index contributed by atoms with van der Waals surface area (Å²) in [6.45, 7) is 2.37. The Morgan fingerprint density at radius 2 is 1.89 bits per heavy atom. The van der Waals surface area contributed by atoms with Gasteiger partial charge in [0, 0.05) is 50.8 Å². The molecule has 0 radical (unpaired) electrons. The summed E-state index contributed by atoms with van der Waals surface area (Å²) in [5, 5.41) is 12.0. The Kier molecular flexibility index (Phi) is 7.52. The lowest BCUT2D eigenvalue weighted by molar-refractivity contribution is -0.119. The predicted molar refractivity (Wildman–Crippen MR) is 145 cm³/mol. The number of imidazole rings is 1. The van der Waals surface area contributed by atoms with Crippen LogP contribution < -0.4 is 10.2 Å². The molecule has 1 aromatic heterocycles. The number of hydrogen-bond acceptors (Lipinski definition) is 6. The molecule has 9 heteroatoms. The first-order valence-electron chi connectivity index (χ1n) is 13.2. The van der Waals surface area contributed by atoms with E-state index >= 15 is 0 Å². The highest BCUT2D eigenvalue weighted by Gasteiger charge is 2.23. The number of nitrogens with one attached hydrogen (secondary N) is 1. The van der Waals surface area contributed by atoms with Crippen LogP contribution in [0.15, 0.2) is 42.5 Å². The number of ketones is 1. The lowest BCUT2D eigenvalue weighted by Gasteiger charge is -2.19. The molecule has 3 aromatic rings. The van der Waals surface area contributed by atoms with Crippen LogP contribution in [-0.2, 0) is 16.1 Å². The third kappa shape index (κ3) is 5.60. The van der Waals surface area contributed by atoms with Gasteiger partial charge < -0.3 is 9.47 Å². The Morgan fingerprint density at radius 1 is 1.13 bits per heavy atom. The fourth-order valence-corrected chi connectivity index (χ4v) is 5.38. The van der Waals surface area contributed by atoms with E-state index in [1.54, 1.807) is 36.2 Å². The quantitative estimate of drug-likeness (QED) is 0.489. The van der Waals surface area contributed by atoms with Gasteiger partial charge in [0.1, 0.15) is 5.78 Å². The number of carbonyl (C=O) groups is 3. The number of anilines is 2. The molecule has 0 spiro atoms. The van der Waals surface area contributed by atoms with Gasteiger partial charge in [-0.15, -0.1) is 0 Å². The summed E-state index contributed by atoms with van der Waals surface area (Å²) >= 11 is 0. The molecule has 0 atom stereocenters. The van der Waals surface area contributed by atoms with Crippen molar-refractivity contribution < 1.29 is 14.4 Å². The number of fused-ring (bicyclic) bond motifs is 1. The second kappa shape index (κ2) is 11.2. The van der Waals surface area contributed by atoms with Crippen LogP contribution in [0, 0.1) is 17.2 Å². The molecule has 2 aromatic carbocycles. The summed E-state index contributed by atoms with van der Waals surface area (Å²) in [7, 11) is 1.80. The van der Waals surface area contributed by atoms with Gasteiger partial charge >= 0.3 is 0 Å². The van der Waals surface area contributed by atoms with E-state index in [2.05, 4.69) is 16.3 Å². The van der Waals surface area contributed by atoms with Gasteiger partial charge in [0.05, 0.1) is 29.2 Å². The predicted octanol–water partition coefficient (Wildman–Crippen LogP) is 3.98. The van der Waals surface area contributed by atoms with Crippen LogP contribution in [0.3, 0.4) is 0 Å². The third-order valence-corrected chi connectivity index (χ3v) is 7.68. The Hall–Kier alpha value is -4.03. The standard InChI is InChI=1S/C29H32N6O3/c1-33(27(37)16-20-4-2-3-5-20)23-10-11-26-25(17-23)31-29(35(26)15-14-34-13-12-24(36)19-34)32-28(38)22-8-6-21(18-30)7-9-22/h6-11,17,20H,2-5,12-16,19H2,1H3,(H,31,32,38). The summed E-state index contributed by atoms with van der Waals surface area (Å²) in [6, 6.07) is 14.2. The highest BCUT2D eigenvalue weighted by Crippen LogP contribution is 2.30. The summed E-state index contributed by atoms with van der Waals surface area (Å²) in [5.41, 5.74) is 3.18. The SMILES string of the molecule is CN(C(=O)CC1CCCC1)c1ccc2c(c1)nc(NC(=O)c1ccc(C#N)cc1)n2CCN1CCC(=O)C1. The van der Waals surface area contributed by atoms with E-state index in [4.69, 9.17) is 10.2 Å². The maximum absolute atomic E-state index is 13.0. The molecular weight excluding hydrogens is 480 g/mol. The van der Waals surface area contributed by atoms with Crippen LogP contribution in [0.2, 0.25) is 0 Å². The first-order chi connectivity index (χ1) is 18.4. The van der Waals surface area contributed by atoms with E-state index in [9.17, 15) is 14.4 Å². The largest absolute Gasteiger partial charge is 0.315 e. The summed E-state index contributed by atoms with van der Waals surface area (Å²) < 4.78 is 1.95. The van der Waals surface area contributed by atoms with Crippen molar-refractivity contribution in [2.45, 2.75) is 45.1 Å². The number of benzene rings is 2. The van der Waals surface area contributed by atoms with E-state index in [1.165, 1.54) is 12.8 Å². The highest BCUT2D eigenvalue weighted by atomic mass is 16.2. The van der Waals surface area contributed by atoms with Crippen LogP contribution >= 0.6 is 0 Å². The molecule has 2 amide bonds. The third-order valence-electron chi connectivity index (χ3n) is 7.68. The number of nitriles is 1. The van der Waals surface area contributed by atoms with Crippen LogP contribution in [0.4, 0.5) is 11.6 Å². The van der Waals surface area contributed by atoms with E-state index in [-0.39, 0.29) is 17.6 Å². The zero-order valence-corrected chi connectivity index (χ0v) is 21.7. The molecule has 2 heterocycles. The molecule has 196 valence electrons. The number of hydrogen-bond donors (Lipinski definition) is 1. The molecule has 1 N–H and O–H groups in total. The van der Waals surface area contributed by atoms with Gasteiger partial charge in [-0.3, -0.25) is 24.6 Å². The molecule has 1 aliphatic carbocycles. The van der Waals surface area contributed by atoms with Crippen molar-refractivity contribution in [2.75, 3.05) is 36.9 Å². The molecule has 1 saturated heterocycles. The fraction of sp³-hybridized carbons (Fsp3) is 0.414. The first-order valence-corrected chi connectivity index (χ1v) is 13.2. The molecule has 5 rings (SSSR count). The average Bonchev–Trinajstić information content (AvgIpc) is 3.67. The van der Waals surface area contributed by atoms with Crippen LogP contribution in [0.5, 0.6) is 0 Å². The maximum atomic E-state index is 13.0. The number of likely N-dealkylation sites (tertiary alicyclic amines) is 1. The Balaban J connectivity index is 1.40. The van der Waals surface area contributed by atoms with Gasteiger partial charge in [-0.2, -0.15) is 5.26 Å². The van der Waals surface area contributed by atoms with Gasteiger partial charge in [0.15, 0.2) is 0 Å². The van der Waals surface area contributed by atoms with Crippen molar-refractivity contribution in [3.05, 3.63) is 53.6 Å². The summed E-state index contributed by atoms with van der Waals surface area (Å²) in [6.07, 6.45) is 5.77. The van der Waals surface area contributed by atoms with Crippen LogP contribution in [-0.4, -0.2) is 58.7 Å². The minimum atomic E-state index is -0.327. The molecule has 2 fully saturated rings. The van der Waals surface area contributed by atoms with Crippen molar-refractivity contribution in [3.63, 3.8) is 0 Å². The molecule has 9 nitrogen and oxygen atoms in total. The summed E-state index contributed by atoms with van der Waals surface area (Å²) in [5.74, 6) is 0.881. The molecule has 0 bridgehead atoms. The molecule has 1 aliphatic heterocycles. The highest BCUT2D eigenvalue weighted by molar-refractivity contribution is 6.04. The molecule has 38 heavy (non-hydrogen) atoms. The van der Waals surface area contributed by atoms with Gasteiger partial charge in [0.2, 0.25) is 11.9 Å². The fourth-order valence-electron chi connectivity index (χ4n) is 5.38. The van der Waals surface area contributed by atoms with Crippen LogP contribution in [0.25, 0.3) is 11.0 Å². The summed E-state index contributed by atoms with van der Waals surface area (Å²) in [4.78, 5) is 46.2. The minimum absolute atomic E-state index is 0.101. The zero-order chi connectivity index (χ0) is 26.6. The van der Waals surface area contributed by atoms with Gasteiger partial charge in [-0.1, -0.05) is 12.8 Å². The minimum Gasteiger partial charge on any atom is -0.315 e. The van der Waals surface area contributed by atoms with E-state index in [1.807, 2.05) is 22.8 Å². The van der Waals surface area contributed by atoms with Crippen LogP contribution in [0.1, 0.15) is 54.4 Å². The van der Waals surface area contributed by atoms with Gasteiger partial charge in [-0.05, 0) is 61.2 Å². The number of amides is 2. The molecular formula is C29H32N6O3. The molecule has 2 aliphatic rings. The van der Waals surface area contributed by atoms with Gasteiger partial charge in [-0.25, -0.2) is 4.98 Å². The van der Waals surface area contributed by atoms with Crippen molar-refractivity contribution in [1.82, 2.24) is 14.5 Å². The lowest BCUT2D eigenvalue weighted by Crippen LogP contribution is -2.27. The Bertz CT molecular complexity index is 1400. The normalized spacial score (nSPS) is 16.2. The van der Waals surface area contributed by atoms with Crippen molar-refractivity contribution in [2.24, 2.45) is 5.92 Å².